The van der Waals surface area contributed by atoms with Gasteiger partial charge >= 0.3 is 0 Å². The van der Waals surface area contributed by atoms with Crippen LogP contribution >= 0.6 is 12.4 Å². The highest BCUT2D eigenvalue weighted by atomic mass is 35.5. The first-order valence-electron chi connectivity index (χ1n) is 9.20. The summed E-state index contributed by atoms with van der Waals surface area (Å²) in [7, 11) is 0. The average Bonchev–Trinajstić information content (AvgIpc) is 3.04. The number of nitrogens with zero attached hydrogens (tertiary/aromatic N) is 1. The molecule has 1 aliphatic carbocycles. The van der Waals surface area contributed by atoms with Crippen molar-refractivity contribution in [3.05, 3.63) is 35.4 Å². The predicted molar refractivity (Wildman–Crippen MR) is 104 cm³/mol. The summed E-state index contributed by atoms with van der Waals surface area (Å²) in [6.45, 7) is 1.53. The molecule has 8 heteroatoms. The van der Waals surface area contributed by atoms with Crippen LogP contribution in [0.4, 0.5) is 0 Å². The van der Waals surface area contributed by atoms with E-state index in [1.165, 1.54) is 0 Å². The van der Waals surface area contributed by atoms with Crippen LogP contribution in [0.3, 0.4) is 0 Å². The van der Waals surface area contributed by atoms with Crippen molar-refractivity contribution in [1.29, 1.82) is 0 Å². The van der Waals surface area contributed by atoms with Crippen LogP contribution in [-0.2, 0) is 16.1 Å². The highest BCUT2D eigenvalue weighted by Gasteiger charge is 2.26. The minimum Gasteiger partial charge on any atom is -0.353 e. The number of rotatable bonds is 5. The van der Waals surface area contributed by atoms with Crippen molar-refractivity contribution in [1.82, 2.24) is 15.5 Å². The van der Waals surface area contributed by atoms with E-state index in [4.69, 9.17) is 5.73 Å². The van der Waals surface area contributed by atoms with Crippen LogP contribution in [0.25, 0.3) is 0 Å². The number of halogens is 1. The molecule has 0 spiro atoms. The van der Waals surface area contributed by atoms with Gasteiger partial charge in [-0.15, -0.1) is 12.4 Å². The number of nitrogens with two attached hydrogens (primary N) is 1. The van der Waals surface area contributed by atoms with Crippen molar-refractivity contribution in [3.8, 4) is 0 Å². The zero-order chi connectivity index (χ0) is 18.5. The number of nitrogens with one attached hydrogen (secondary N) is 2. The lowest BCUT2D eigenvalue weighted by Crippen LogP contribution is -2.49. The number of hydrogen-bond donors (Lipinski definition) is 3. The lowest BCUT2D eigenvalue weighted by atomic mass is 10.00. The highest BCUT2D eigenvalue weighted by Crippen LogP contribution is 2.26. The molecule has 148 valence electrons. The Morgan fingerprint density at radius 3 is 2.59 bits per heavy atom. The van der Waals surface area contributed by atoms with Gasteiger partial charge in [0.25, 0.3) is 5.91 Å². The molecule has 1 aliphatic heterocycles. The lowest BCUT2D eigenvalue weighted by molar-refractivity contribution is -0.123. The number of benzene rings is 1. The molecule has 1 aromatic rings. The monoisotopic (exact) mass is 394 g/mol. The van der Waals surface area contributed by atoms with Gasteiger partial charge in [-0.3, -0.25) is 14.4 Å². The molecule has 1 saturated carbocycles. The fraction of sp³-hybridized carbons (Fsp3) is 0.526. The molecule has 2 aliphatic rings. The molecule has 4 N–H and O–H groups in total. The third-order valence-corrected chi connectivity index (χ3v) is 5.18. The minimum absolute atomic E-state index is 0. The van der Waals surface area contributed by atoms with E-state index < -0.39 is 0 Å². The van der Waals surface area contributed by atoms with Gasteiger partial charge < -0.3 is 21.3 Å². The Balaban J connectivity index is 0.00000261. The van der Waals surface area contributed by atoms with Crippen LogP contribution < -0.4 is 16.4 Å². The van der Waals surface area contributed by atoms with E-state index in [1.54, 1.807) is 17.0 Å². The zero-order valence-corrected chi connectivity index (χ0v) is 16.1. The molecule has 7 nitrogen and oxygen atoms in total. The molecule has 0 radical (unpaired) electrons. The van der Waals surface area contributed by atoms with Gasteiger partial charge in [-0.05, 0) is 36.5 Å². The third-order valence-electron chi connectivity index (χ3n) is 5.18. The maximum atomic E-state index is 12.4. The first kappa shape index (κ1) is 21.2. The number of carbonyl (C=O) groups is 3. The Morgan fingerprint density at radius 1 is 1.22 bits per heavy atom. The van der Waals surface area contributed by atoms with Crippen LogP contribution in [-0.4, -0.2) is 48.3 Å². The average molecular weight is 395 g/mol. The van der Waals surface area contributed by atoms with E-state index in [-0.39, 0.29) is 48.6 Å². The summed E-state index contributed by atoms with van der Waals surface area (Å²) in [5.74, 6) is 0.0279. The zero-order valence-electron chi connectivity index (χ0n) is 15.3. The predicted octanol–water partition coefficient (Wildman–Crippen LogP) is 0.814. The molecule has 2 fully saturated rings. The van der Waals surface area contributed by atoms with E-state index in [0.29, 0.717) is 31.6 Å². The fourth-order valence-electron chi connectivity index (χ4n) is 3.59. The van der Waals surface area contributed by atoms with Crippen molar-refractivity contribution < 1.29 is 14.4 Å². The summed E-state index contributed by atoms with van der Waals surface area (Å²) in [4.78, 5) is 37.4. The second kappa shape index (κ2) is 9.71. The van der Waals surface area contributed by atoms with Gasteiger partial charge in [0, 0.05) is 37.7 Å². The van der Waals surface area contributed by atoms with Gasteiger partial charge in [-0.2, -0.15) is 0 Å². The number of carbonyl (C=O) groups excluding carboxylic acids is 3. The van der Waals surface area contributed by atoms with Crippen LogP contribution in [0, 0.1) is 5.92 Å². The van der Waals surface area contributed by atoms with Crippen molar-refractivity contribution in [2.45, 2.75) is 38.3 Å². The van der Waals surface area contributed by atoms with Gasteiger partial charge in [0.2, 0.25) is 11.8 Å². The Bertz CT molecular complexity index is 680. The Labute approximate surface area is 165 Å². The summed E-state index contributed by atoms with van der Waals surface area (Å²) in [5, 5.41) is 5.62. The summed E-state index contributed by atoms with van der Waals surface area (Å²) in [6, 6.07) is 7.28. The smallest absolute Gasteiger partial charge is 0.254 e. The molecule has 1 aromatic carbocycles. The quantitative estimate of drug-likeness (QED) is 0.687. The molecule has 27 heavy (non-hydrogen) atoms. The lowest BCUT2D eigenvalue weighted by Gasteiger charge is -2.26. The molecule has 1 saturated heterocycles. The number of piperazine rings is 1. The molecular weight excluding hydrogens is 368 g/mol. The largest absolute Gasteiger partial charge is 0.353 e. The van der Waals surface area contributed by atoms with Gasteiger partial charge in [-0.1, -0.05) is 18.6 Å². The van der Waals surface area contributed by atoms with Gasteiger partial charge in [-0.25, -0.2) is 0 Å². The molecule has 0 aromatic heterocycles. The summed E-state index contributed by atoms with van der Waals surface area (Å²) in [5.41, 5.74) is 7.49. The van der Waals surface area contributed by atoms with Crippen molar-refractivity contribution >= 4 is 30.1 Å². The van der Waals surface area contributed by atoms with Crippen molar-refractivity contribution in [2.75, 3.05) is 19.6 Å². The van der Waals surface area contributed by atoms with Crippen LogP contribution in [0.15, 0.2) is 24.3 Å². The minimum atomic E-state index is -0.148. The molecule has 0 bridgehead atoms. The third kappa shape index (κ3) is 5.68. The summed E-state index contributed by atoms with van der Waals surface area (Å²) < 4.78 is 0. The maximum absolute atomic E-state index is 12.4. The Kier molecular flexibility index (Phi) is 7.62. The second-order valence-electron chi connectivity index (χ2n) is 7.11. The number of amides is 3. The highest BCUT2D eigenvalue weighted by molar-refractivity contribution is 5.97. The molecule has 3 rings (SSSR count). The molecular formula is C19H27ClN4O3. The maximum Gasteiger partial charge on any atom is 0.254 e. The van der Waals surface area contributed by atoms with E-state index in [2.05, 4.69) is 10.6 Å². The summed E-state index contributed by atoms with van der Waals surface area (Å²) in [6.07, 6.45) is 3.62. The van der Waals surface area contributed by atoms with Crippen molar-refractivity contribution in [2.24, 2.45) is 11.7 Å². The Hall–Kier alpha value is -2.12. The van der Waals surface area contributed by atoms with Crippen LogP contribution in [0.5, 0.6) is 0 Å². The van der Waals surface area contributed by atoms with Gasteiger partial charge in [0.05, 0.1) is 6.54 Å². The van der Waals surface area contributed by atoms with Crippen LogP contribution in [0.2, 0.25) is 0 Å². The molecule has 3 amide bonds. The first-order valence-corrected chi connectivity index (χ1v) is 9.20. The second-order valence-corrected chi connectivity index (χ2v) is 7.11. The molecule has 0 unspecified atom stereocenters. The molecule has 2 atom stereocenters. The van der Waals surface area contributed by atoms with Crippen molar-refractivity contribution in [3.63, 3.8) is 0 Å². The standard InChI is InChI=1S/C19H26N4O3.ClH/c20-16-3-1-2-15(16)10-17(24)22-11-13-4-6-14(7-5-13)19(26)23-9-8-21-18(25)12-23;/h4-7,15-16H,1-3,8-12,20H2,(H,21,25)(H,22,24);1H/t15-,16+;/m0./s1. The van der Waals surface area contributed by atoms with Gasteiger partial charge in [0.1, 0.15) is 0 Å². The molecule has 1 heterocycles. The van der Waals surface area contributed by atoms with E-state index in [1.807, 2.05) is 12.1 Å². The topological polar surface area (TPSA) is 105 Å². The van der Waals surface area contributed by atoms with E-state index in [0.717, 1.165) is 24.8 Å². The SMILES string of the molecule is Cl.N[C@@H]1CCC[C@H]1CC(=O)NCc1ccc(C(=O)N2CCNC(=O)C2)cc1. The number of hydrogen-bond acceptors (Lipinski definition) is 4. The fourth-order valence-corrected chi connectivity index (χ4v) is 3.59. The van der Waals surface area contributed by atoms with Gasteiger partial charge in [0.15, 0.2) is 0 Å². The van der Waals surface area contributed by atoms with Crippen LogP contribution in [0.1, 0.15) is 41.6 Å². The normalized spacial score (nSPS) is 22.0. The first-order chi connectivity index (χ1) is 12.5. The Morgan fingerprint density at radius 2 is 1.96 bits per heavy atom. The summed E-state index contributed by atoms with van der Waals surface area (Å²) >= 11 is 0. The van der Waals surface area contributed by atoms with E-state index >= 15 is 0 Å². The van der Waals surface area contributed by atoms with E-state index in [9.17, 15) is 14.4 Å².